The number of aldehydes is 1. The van der Waals surface area contributed by atoms with E-state index >= 15 is 0 Å². The summed E-state index contributed by atoms with van der Waals surface area (Å²) in [6.45, 7) is 3.65. The van der Waals surface area contributed by atoms with E-state index in [1.807, 2.05) is 13.8 Å². The summed E-state index contributed by atoms with van der Waals surface area (Å²) >= 11 is 0. The van der Waals surface area contributed by atoms with Crippen LogP contribution in [0.15, 0.2) is 48.5 Å². The van der Waals surface area contributed by atoms with Crippen molar-refractivity contribution in [3.05, 3.63) is 70.8 Å². The van der Waals surface area contributed by atoms with Crippen LogP contribution in [0.2, 0.25) is 0 Å². The van der Waals surface area contributed by atoms with Gasteiger partial charge in [0.25, 0.3) is 0 Å². The number of carboxylic acids is 1. The van der Waals surface area contributed by atoms with E-state index in [4.69, 9.17) is 9.47 Å². The Kier molecular flexibility index (Phi) is 6.43. The van der Waals surface area contributed by atoms with Gasteiger partial charge in [-0.1, -0.05) is 35.4 Å². The molecular weight excluding hydrogens is 352 g/mol. The molecule has 2 rings (SSSR count). The number of benzene rings is 2. The van der Waals surface area contributed by atoms with Gasteiger partial charge >= 0.3 is 17.9 Å². The number of esters is 2. The molecule has 7 heteroatoms. The van der Waals surface area contributed by atoms with Gasteiger partial charge in [-0.05, 0) is 38.1 Å². The zero-order chi connectivity index (χ0) is 20.0. The molecule has 0 aromatic heterocycles. The van der Waals surface area contributed by atoms with Crippen molar-refractivity contribution < 1.29 is 33.8 Å². The van der Waals surface area contributed by atoms with Gasteiger partial charge in [-0.2, -0.15) is 0 Å². The average Bonchev–Trinajstić information content (AvgIpc) is 2.65. The van der Waals surface area contributed by atoms with Gasteiger partial charge in [-0.15, -0.1) is 0 Å². The summed E-state index contributed by atoms with van der Waals surface area (Å²) < 4.78 is 9.84. The third-order valence-corrected chi connectivity index (χ3v) is 3.73. The highest BCUT2D eigenvalue weighted by atomic mass is 16.6. The van der Waals surface area contributed by atoms with Crippen LogP contribution >= 0.6 is 0 Å². The van der Waals surface area contributed by atoms with Crippen LogP contribution in [0.4, 0.5) is 0 Å². The zero-order valence-electron chi connectivity index (χ0n) is 14.7. The number of carbonyl (C=O) groups excluding carboxylic acids is 3. The Morgan fingerprint density at radius 1 is 0.815 bits per heavy atom. The third kappa shape index (κ3) is 5.24. The lowest BCUT2D eigenvalue weighted by Crippen LogP contribution is -2.42. The Labute approximate surface area is 155 Å². The van der Waals surface area contributed by atoms with E-state index in [1.54, 1.807) is 24.3 Å². The van der Waals surface area contributed by atoms with E-state index in [0.717, 1.165) is 11.1 Å². The van der Waals surface area contributed by atoms with E-state index in [0.29, 0.717) is 0 Å². The zero-order valence-corrected chi connectivity index (χ0v) is 14.7. The summed E-state index contributed by atoms with van der Waals surface area (Å²) in [5.74, 6) is -3.45. The molecule has 0 spiro atoms. The number of carbonyl (C=O) groups is 4. The molecule has 0 aliphatic heterocycles. The molecule has 2 unspecified atom stereocenters. The SMILES string of the molecule is Cc1ccc(C(=O)OC(C=O)C(OC(=O)c2ccc(C)cc2)C(=O)O)cc1. The Morgan fingerprint density at radius 3 is 1.59 bits per heavy atom. The van der Waals surface area contributed by atoms with E-state index in [1.165, 1.54) is 24.3 Å². The molecule has 0 radical (unpaired) electrons. The van der Waals surface area contributed by atoms with Crippen molar-refractivity contribution in [1.29, 1.82) is 0 Å². The molecule has 2 aromatic carbocycles. The van der Waals surface area contributed by atoms with Crippen LogP contribution in [0.5, 0.6) is 0 Å². The van der Waals surface area contributed by atoms with Crippen molar-refractivity contribution in [1.82, 2.24) is 0 Å². The van der Waals surface area contributed by atoms with Crippen LogP contribution in [0.3, 0.4) is 0 Å². The molecule has 27 heavy (non-hydrogen) atoms. The van der Waals surface area contributed by atoms with Crippen LogP contribution in [-0.2, 0) is 19.1 Å². The molecule has 0 saturated heterocycles. The standard InChI is InChI=1S/C20H18O7/c1-12-3-7-14(8-4-12)19(24)26-16(11-21)17(18(22)23)27-20(25)15-9-5-13(2)6-10-15/h3-11,16-17H,1-2H3,(H,22,23). The molecule has 0 fully saturated rings. The van der Waals surface area contributed by atoms with Crippen molar-refractivity contribution in [3.63, 3.8) is 0 Å². The van der Waals surface area contributed by atoms with Crippen LogP contribution in [0.1, 0.15) is 31.8 Å². The molecule has 1 N–H and O–H groups in total. The van der Waals surface area contributed by atoms with Crippen LogP contribution in [-0.4, -0.2) is 41.5 Å². The second-order valence-electron chi connectivity index (χ2n) is 5.90. The van der Waals surface area contributed by atoms with E-state index < -0.39 is 30.1 Å². The lowest BCUT2D eigenvalue weighted by molar-refractivity contribution is -0.155. The van der Waals surface area contributed by atoms with Gasteiger partial charge in [-0.3, -0.25) is 4.79 Å². The Balaban J connectivity index is 2.14. The number of ether oxygens (including phenoxy) is 2. The maximum Gasteiger partial charge on any atom is 0.349 e. The van der Waals surface area contributed by atoms with Gasteiger partial charge in [0, 0.05) is 0 Å². The first kappa shape index (κ1) is 19.8. The minimum Gasteiger partial charge on any atom is -0.478 e. The molecule has 0 saturated carbocycles. The van der Waals surface area contributed by atoms with Crippen LogP contribution < -0.4 is 0 Å². The van der Waals surface area contributed by atoms with Gasteiger partial charge in [0.1, 0.15) is 0 Å². The van der Waals surface area contributed by atoms with Crippen molar-refractivity contribution >= 4 is 24.2 Å². The quantitative estimate of drug-likeness (QED) is 0.589. The first-order valence-electron chi connectivity index (χ1n) is 8.05. The molecule has 0 heterocycles. The highest BCUT2D eigenvalue weighted by molar-refractivity contribution is 5.94. The average molecular weight is 370 g/mol. The molecular formula is C20H18O7. The predicted octanol–water partition coefficient (Wildman–Crippen LogP) is 2.34. The molecule has 7 nitrogen and oxygen atoms in total. The van der Waals surface area contributed by atoms with Crippen molar-refractivity contribution in [3.8, 4) is 0 Å². The number of aryl methyl sites for hydroxylation is 2. The monoisotopic (exact) mass is 370 g/mol. The number of carboxylic acid groups (broad SMARTS) is 1. The highest BCUT2D eigenvalue weighted by Gasteiger charge is 2.35. The van der Waals surface area contributed by atoms with Gasteiger partial charge < -0.3 is 14.6 Å². The van der Waals surface area contributed by atoms with Gasteiger partial charge in [-0.25, -0.2) is 14.4 Å². The lowest BCUT2D eigenvalue weighted by atomic mass is 10.1. The van der Waals surface area contributed by atoms with Gasteiger partial charge in [0.15, 0.2) is 6.29 Å². The third-order valence-electron chi connectivity index (χ3n) is 3.73. The van der Waals surface area contributed by atoms with E-state index in [2.05, 4.69) is 0 Å². The minimum atomic E-state index is -1.97. The topological polar surface area (TPSA) is 107 Å². The second kappa shape index (κ2) is 8.75. The molecule has 0 aliphatic carbocycles. The minimum absolute atomic E-state index is 0.112. The predicted molar refractivity (Wildman–Crippen MR) is 94.5 cm³/mol. The molecule has 0 amide bonds. The largest absolute Gasteiger partial charge is 0.478 e. The maximum absolute atomic E-state index is 12.1. The van der Waals surface area contributed by atoms with Crippen molar-refractivity contribution in [2.24, 2.45) is 0 Å². The summed E-state index contributed by atoms with van der Waals surface area (Å²) in [5, 5.41) is 9.31. The smallest absolute Gasteiger partial charge is 0.349 e. The summed E-state index contributed by atoms with van der Waals surface area (Å²) in [6, 6.07) is 12.5. The molecule has 0 bridgehead atoms. The van der Waals surface area contributed by atoms with Crippen molar-refractivity contribution in [2.75, 3.05) is 0 Å². The number of rotatable bonds is 7. The normalized spacial score (nSPS) is 12.5. The Morgan fingerprint density at radius 2 is 1.22 bits per heavy atom. The second-order valence-corrected chi connectivity index (χ2v) is 5.90. The number of aliphatic carboxylic acids is 1. The highest BCUT2D eigenvalue weighted by Crippen LogP contribution is 2.13. The van der Waals surface area contributed by atoms with Crippen LogP contribution in [0, 0.1) is 13.8 Å². The fourth-order valence-corrected chi connectivity index (χ4v) is 2.17. The first-order valence-corrected chi connectivity index (χ1v) is 8.05. The van der Waals surface area contributed by atoms with E-state index in [9.17, 15) is 24.3 Å². The fraction of sp³-hybridized carbons (Fsp3) is 0.200. The summed E-state index contributed by atoms with van der Waals surface area (Å²) in [6.07, 6.45) is -3.63. The van der Waals surface area contributed by atoms with E-state index in [-0.39, 0.29) is 17.4 Å². The molecule has 0 aliphatic rings. The fourth-order valence-electron chi connectivity index (χ4n) is 2.17. The number of hydrogen-bond acceptors (Lipinski definition) is 6. The summed E-state index contributed by atoms with van der Waals surface area (Å²) in [7, 11) is 0. The molecule has 2 atom stereocenters. The molecule has 2 aromatic rings. The molecule has 140 valence electrons. The first-order chi connectivity index (χ1) is 12.8. The van der Waals surface area contributed by atoms with Gasteiger partial charge in [0.2, 0.25) is 12.2 Å². The van der Waals surface area contributed by atoms with Crippen molar-refractivity contribution in [2.45, 2.75) is 26.1 Å². The van der Waals surface area contributed by atoms with Crippen LogP contribution in [0.25, 0.3) is 0 Å². The maximum atomic E-state index is 12.1. The summed E-state index contributed by atoms with van der Waals surface area (Å²) in [4.78, 5) is 47.0. The van der Waals surface area contributed by atoms with Gasteiger partial charge in [0.05, 0.1) is 11.1 Å². The Bertz CT molecular complexity index is 838. The Hall–Kier alpha value is -3.48. The lowest BCUT2D eigenvalue weighted by Gasteiger charge is -2.20. The number of hydrogen-bond donors (Lipinski definition) is 1. The summed E-state index contributed by atoms with van der Waals surface area (Å²) in [5.41, 5.74) is 2.07.